The molecule has 0 unspecified atom stereocenters. The Morgan fingerprint density at radius 2 is 2.19 bits per heavy atom. The molecule has 1 N–H and O–H groups in total. The van der Waals surface area contributed by atoms with Crippen LogP contribution < -0.4 is 10.2 Å². The Labute approximate surface area is 131 Å². The molecule has 2 rings (SSSR count). The highest BCUT2D eigenvalue weighted by atomic mass is 32.1. The first-order chi connectivity index (χ1) is 10.1. The van der Waals surface area contributed by atoms with Crippen LogP contribution in [0.1, 0.15) is 37.6 Å². The molecule has 0 atom stereocenters. The first-order valence-electron chi connectivity index (χ1n) is 7.48. The SMILES string of the molecule is CCCNc1ncc(C)c(N(Cc2cccs2)C(C)C)n1. The van der Waals surface area contributed by atoms with Crippen molar-refractivity contribution in [2.45, 2.75) is 46.7 Å². The lowest BCUT2D eigenvalue weighted by atomic mass is 10.2. The second-order valence-electron chi connectivity index (χ2n) is 5.43. The number of nitrogens with one attached hydrogen (secondary N) is 1. The molecule has 0 aliphatic heterocycles. The summed E-state index contributed by atoms with van der Waals surface area (Å²) in [6.07, 6.45) is 2.97. The van der Waals surface area contributed by atoms with Crippen molar-refractivity contribution in [2.75, 3.05) is 16.8 Å². The predicted molar refractivity (Wildman–Crippen MR) is 91.2 cm³/mol. The van der Waals surface area contributed by atoms with Gasteiger partial charge in [-0.25, -0.2) is 4.98 Å². The molecule has 2 aromatic rings. The molecule has 2 heterocycles. The number of anilines is 2. The van der Waals surface area contributed by atoms with Gasteiger partial charge in [-0.15, -0.1) is 11.3 Å². The van der Waals surface area contributed by atoms with Crippen molar-refractivity contribution in [3.8, 4) is 0 Å². The van der Waals surface area contributed by atoms with Crippen molar-refractivity contribution in [2.24, 2.45) is 0 Å². The molecule has 21 heavy (non-hydrogen) atoms. The molecule has 5 heteroatoms. The Bertz CT molecular complexity index is 551. The van der Waals surface area contributed by atoms with E-state index < -0.39 is 0 Å². The van der Waals surface area contributed by atoms with E-state index in [1.807, 2.05) is 6.20 Å². The molecule has 2 aromatic heterocycles. The fourth-order valence-electron chi connectivity index (χ4n) is 2.12. The normalized spacial score (nSPS) is 10.9. The topological polar surface area (TPSA) is 41.1 Å². The summed E-state index contributed by atoms with van der Waals surface area (Å²) in [5.74, 6) is 1.74. The van der Waals surface area contributed by atoms with Crippen LogP contribution in [0.4, 0.5) is 11.8 Å². The van der Waals surface area contributed by atoms with Crippen LogP contribution in [-0.2, 0) is 6.54 Å². The lowest BCUT2D eigenvalue weighted by Crippen LogP contribution is -2.31. The van der Waals surface area contributed by atoms with E-state index in [-0.39, 0.29) is 0 Å². The second-order valence-corrected chi connectivity index (χ2v) is 6.46. The summed E-state index contributed by atoms with van der Waals surface area (Å²) >= 11 is 1.79. The fourth-order valence-corrected chi connectivity index (χ4v) is 2.82. The van der Waals surface area contributed by atoms with Crippen LogP contribution >= 0.6 is 11.3 Å². The summed E-state index contributed by atoms with van der Waals surface area (Å²) in [6, 6.07) is 4.66. The van der Waals surface area contributed by atoms with Crippen LogP contribution in [0.5, 0.6) is 0 Å². The van der Waals surface area contributed by atoms with E-state index >= 15 is 0 Å². The molecule has 114 valence electrons. The maximum Gasteiger partial charge on any atom is 0.224 e. The molecule has 4 nitrogen and oxygen atoms in total. The zero-order valence-corrected chi connectivity index (χ0v) is 14.1. The standard InChI is InChI=1S/C16H24N4S/c1-5-8-17-16-18-10-13(4)15(19-16)20(12(2)3)11-14-7-6-9-21-14/h6-7,9-10,12H,5,8,11H2,1-4H3,(H,17,18,19). The molecular weight excluding hydrogens is 280 g/mol. The lowest BCUT2D eigenvalue weighted by molar-refractivity contribution is 0.673. The first-order valence-corrected chi connectivity index (χ1v) is 8.36. The van der Waals surface area contributed by atoms with Gasteiger partial charge in [-0.1, -0.05) is 13.0 Å². The summed E-state index contributed by atoms with van der Waals surface area (Å²) in [5.41, 5.74) is 1.11. The monoisotopic (exact) mass is 304 g/mol. The number of hydrogen-bond acceptors (Lipinski definition) is 5. The van der Waals surface area contributed by atoms with Gasteiger partial charge in [0.25, 0.3) is 0 Å². The van der Waals surface area contributed by atoms with Crippen molar-refractivity contribution < 1.29 is 0 Å². The van der Waals surface area contributed by atoms with Gasteiger partial charge >= 0.3 is 0 Å². The third kappa shape index (κ3) is 4.17. The molecule has 0 saturated carbocycles. The Balaban J connectivity index is 2.26. The maximum atomic E-state index is 4.72. The molecule has 0 amide bonds. The predicted octanol–water partition coefficient (Wildman–Crippen LogP) is 4.08. The smallest absolute Gasteiger partial charge is 0.224 e. The number of nitrogens with zero attached hydrogens (tertiary/aromatic N) is 3. The Morgan fingerprint density at radius 3 is 2.81 bits per heavy atom. The van der Waals surface area contributed by atoms with Gasteiger partial charge < -0.3 is 10.2 Å². The van der Waals surface area contributed by atoms with Gasteiger partial charge in [-0.3, -0.25) is 0 Å². The molecule has 0 radical (unpaired) electrons. The minimum atomic E-state index is 0.389. The van der Waals surface area contributed by atoms with Gasteiger partial charge in [-0.2, -0.15) is 4.98 Å². The number of aromatic nitrogens is 2. The Hall–Kier alpha value is -1.62. The maximum absolute atomic E-state index is 4.72. The van der Waals surface area contributed by atoms with Gasteiger partial charge in [0.1, 0.15) is 5.82 Å². The molecule has 0 spiro atoms. The minimum absolute atomic E-state index is 0.389. The Kier molecular flexibility index (Phi) is 5.56. The van der Waals surface area contributed by atoms with E-state index in [1.165, 1.54) is 4.88 Å². The highest BCUT2D eigenvalue weighted by Gasteiger charge is 2.16. The average molecular weight is 304 g/mol. The number of thiophene rings is 1. The van der Waals surface area contributed by atoms with Gasteiger partial charge in [0.15, 0.2) is 0 Å². The quantitative estimate of drug-likeness (QED) is 0.836. The molecule has 0 bridgehead atoms. The molecule has 0 saturated heterocycles. The molecule has 0 aliphatic rings. The second kappa shape index (κ2) is 7.41. The van der Waals surface area contributed by atoms with Crippen LogP contribution in [0.25, 0.3) is 0 Å². The van der Waals surface area contributed by atoms with E-state index in [9.17, 15) is 0 Å². The van der Waals surface area contributed by atoms with Gasteiger partial charge in [0, 0.05) is 29.2 Å². The largest absolute Gasteiger partial charge is 0.354 e. The van der Waals surface area contributed by atoms with Crippen molar-refractivity contribution in [3.63, 3.8) is 0 Å². The number of rotatable bonds is 7. The van der Waals surface area contributed by atoms with Crippen molar-refractivity contribution in [3.05, 3.63) is 34.2 Å². The zero-order chi connectivity index (χ0) is 15.2. The van der Waals surface area contributed by atoms with Crippen LogP contribution in [0.3, 0.4) is 0 Å². The van der Waals surface area contributed by atoms with Gasteiger partial charge in [0.05, 0.1) is 6.54 Å². The lowest BCUT2D eigenvalue weighted by Gasteiger charge is -2.29. The summed E-state index contributed by atoms with van der Waals surface area (Å²) in [5, 5.41) is 5.39. The fraction of sp³-hybridized carbons (Fsp3) is 0.500. The summed E-state index contributed by atoms with van der Waals surface area (Å²) in [6.45, 7) is 10.4. The Morgan fingerprint density at radius 1 is 1.38 bits per heavy atom. The summed E-state index contributed by atoms with van der Waals surface area (Å²) in [4.78, 5) is 12.8. The van der Waals surface area contributed by atoms with Crippen LogP contribution in [-0.4, -0.2) is 22.6 Å². The van der Waals surface area contributed by atoms with Gasteiger partial charge in [0.2, 0.25) is 5.95 Å². The zero-order valence-electron chi connectivity index (χ0n) is 13.3. The molecule has 0 fully saturated rings. The third-order valence-corrected chi connectivity index (χ3v) is 4.14. The molecular formula is C16H24N4S. The number of aryl methyl sites for hydroxylation is 1. The average Bonchev–Trinajstić information content (AvgIpc) is 2.97. The van der Waals surface area contributed by atoms with E-state index in [0.29, 0.717) is 12.0 Å². The van der Waals surface area contributed by atoms with E-state index in [0.717, 1.165) is 30.9 Å². The van der Waals surface area contributed by atoms with E-state index in [1.54, 1.807) is 11.3 Å². The number of hydrogen-bond donors (Lipinski definition) is 1. The summed E-state index contributed by atoms with van der Waals surface area (Å²) in [7, 11) is 0. The van der Waals surface area contributed by atoms with Crippen molar-refractivity contribution in [1.82, 2.24) is 9.97 Å². The van der Waals surface area contributed by atoms with Gasteiger partial charge in [-0.05, 0) is 38.6 Å². The van der Waals surface area contributed by atoms with Crippen LogP contribution in [0, 0.1) is 6.92 Å². The van der Waals surface area contributed by atoms with Crippen LogP contribution in [0.15, 0.2) is 23.7 Å². The minimum Gasteiger partial charge on any atom is -0.354 e. The highest BCUT2D eigenvalue weighted by Crippen LogP contribution is 2.24. The van der Waals surface area contributed by atoms with Crippen LogP contribution in [0.2, 0.25) is 0 Å². The van der Waals surface area contributed by atoms with Crippen molar-refractivity contribution >= 4 is 23.1 Å². The van der Waals surface area contributed by atoms with E-state index in [2.05, 4.69) is 60.4 Å². The van der Waals surface area contributed by atoms with E-state index in [4.69, 9.17) is 4.98 Å². The third-order valence-electron chi connectivity index (χ3n) is 3.28. The molecule has 0 aromatic carbocycles. The summed E-state index contributed by atoms with van der Waals surface area (Å²) < 4.78 is 0. The molecule has 0 aliphatic carbocycles. The van der Waals surface area contributed by atoms with Crippen molar-refractivity contribution in [1.29, 1.82) is 0 Å². The first kappa shape index (κ1) is 15.8. The highest BCUT2D eigenvalue weighted by molar-refractivity contribution is 7.09.